The lowest BCUT2D eigenvalue weighted by atomic mass is 9.96. The summed E-state index contributed by atoms with van der Waals surface area (Å²) in [5.74, 6) is 1.20. The highest BCUT2D eigenvalue weighted by Crippen LogP contribution is 2.26. The molecule has 0 N–H and O–H groups in total. The van der Waals surface area contributed by atoms with E-state index in [9.17, 15) is 4.79 Å². The van der Waals surface area contributed by atoms with Gasteiger partial charge in [-0.15, -0.1) is 21.5 Å². The van der Waals surface area contributed by atoms with Crippen molar-refractivity contribution >= 4 is 28.7 Å². The second-order valence-electron chi connectivity index (χ2n) is 8.19. The van der Waals surface area contributed by atoms with Gasteiger partial charge in [0, 0.05) is 45.0 Å². The summed E-state index contributed by atoms with van der Waals surface area (Å²) in [4.78, 5) is 21.0. The molecular formula is C24H27N5OS. The number of benzene rings is 1. The van der Waals surface area contributed by atoms with Crippen LogP contribution in [0.25, 0.3) is 10.6 Å². The molecule has 1 aromatic carbocycles. The molecule has 0 aliphatic carbocycles. The highest BCUT2D eigenvalue weighted by atomic mass is 32.1. The van der Waals surface area contributed by atoms with Gasteiger partial charge in [0.25, 0.3) is 0 Å². The third-order valence-electron chi connectivity index (χ3n) is 6.23. The minimum atomic E-state index is 0.0378. The maximum Gasteiger partial charge on any atom is 0.227 e. The van der Waals surface area contributed by atoms with Crippen LogP contribution in [-0.4, -0.2) is 60.3 Å². The Morgan fingerprint density at radius 1 is 0.871 bits per heavy atom. The Bertz CT molecular complexity index is 985. The largest absolute Gasteiger partial charge is 0.368 e. The van der Waals surface area contributed by atoms with Crippen LogP contribution in [0.3, 0.4) is 0 Å². The van der Waals surface area contributed by atoms with Crippen molar-refractivity contribution < 1.29 is 4.79 Å². The van der Waals surface area contributed by atoms with E-state index in [2.05, 4.69) is 55.2 Å². The fraction of sp³-hybridized carbons (Fsp3) is 0.375. The van der Waals surface area contributed by atoms with Crippen LogP contribution >= 0.6 is 11.3 Å². The molecule has 2 aliphatic heterocycles. The van der Waals surface area contributed by atoms with Gasteiger partial charge in [0.1, 0.15) is 5.69 Å². The molecule has 31 heavy (non-hydrogen) atoms. The van der Waals surface area contributed by atoms with Crippen molar-refractivity contribution in [3.8, 4) is 10.6 Å². The van der Waals surface area contributed by atoms with Crippen molar-refractivity contribution in [2.75, 3.05) is 49.1 Å². The molecule has 160 valence electrons. The van der Waals surface area contributed by atoms with E-state index in [1.54, 1.807) is 11.3 Å². The Kier molecular flexibility index (Phi) is 5.84. The third kappa shape index (κ3) is 4.42. The quantitative estimate of drug-likeness (QED) is 0.627. The van der Waals surface area contributed by atoms with E-state index in [4.69, 9.17) is 0 Å². The molecule has 6 nitrogen and oxygen atoms in total. The average molecular weight is 434 g/mol. The van der Waals surface area contributed by atoms with Gasteiger partial charge in [0.2, 0.25) is 5.91 Å². The Morgan fingerprint density at radius 2 is 1.71 bits per heavy atom. The molecule has 5 rings (SSSR count). The Hall–Kier alpha value is -2.93. The molecule has 2 aromatic heterocycles. The summed E-state index contributed by atoms with van der Waals surface area (Å²) in [6, 6.07) is 18.6. The summed E-state index contributed by atoms with van der Waals surface area (Å²) in [5, 5.41) is 10.9. The first-order chi connectivity index (χ1) is 15.3. The molecule has 1 unspecified atom stereocenters. The number of hydrogen-bond acceptors (Lipinski definition) is 6. The summed E-state index contributed by atoms with van der Waals surface area (Å²) in [6.45, 7) is 5.02. The molecule has 1 atom stereocenters. The molecule has 2 fully saturated rings. The van der Waals surface area contributed by atoms with E-state index in [0.29, 0.717) is 5.91 Å². The Morgan fingerprint density at radius 3 is 2.42 bits per heavy atom. The molecule has 0 radical (unpaired) electrons. The van der Waals surface area contributed by atoms with Gasteiger partial charge in [-0.25, -0.2) is 0 Å². The summed E-state index contributed by atoms with van der Waals surface area (Å²) < 4.78 is 0. The van der Waals surface area contributed by atoms with E-state index in [-0.39, 0.29) is 5.92 Å². The number of aromatic nitrogens is 2. The van der Waals surface area contributed by atoms with Gasteiger partial charge in [0.15, 0.2) is 5.82 Å². The number of carbonyl (C=O) groups excluding carboxylic acids is 1. The van der Waals surface area contributed by atoms with E-state index in [0.717, 1.165) is 68.5 Å². The molecule has 4 heterocycles. The number of thiophene rings is 1. The number of para-hydroxylation sites is 1. The predicted molar refractivity (Wildman–Crippen MR) is 126 cm³/mol. The number of piperazine rings is 1. The zero-order chi connectivity index (χ0) is 21.0. The van der Waals surface area contributed by atoms with Gasteiger partial charge in [0.05, 0.1) is 10.8 Å². The molecule has 0 saturated carbocycles. The van der Waals surface area contributed by atoms with Crippen LogP contribution in [0.5, 0.6) is 0 Å². The summed E-state index contributed by atoms with van der Waals surface area (Å²) in [7, 11) is 0. The lowest BCUT2D eigenvalue weighted by Crippen LogP contribution is -2.52. The van der Waals surface area contributed by atoms with Crippen molar-refractivity contribution in [1.82, 2.24) is 15.1 Å². The van der Waals surface area contributed by atoms with Crippen molar-refractivity contribution in [2.24, 2.45) is 5.92 Å². The highest BCUT2D eigenvalue weighted by molar-refractivity contribution is 7.13. The SMILES string of the molecule is O=C(C1CCCN(c2ccc(-c3cccs3)nn2)C1)N1CCN(c2ccccc2)CC1. The standard InChI is InChI=1S/C24H27N5OS/c30-24(28-15-13-27(14-16-28)20-7-2-1-3-8-20)19-6-4-12-29(18-19)23-11-10-21(25-26-23)22-9-5-17-31-22/h1-3,5,7-11,17,19H,4,6,12-16,18H2. The van der Waals surface area contributed by atoms with Gasteiger partial charge in [-0.3, -0.25) is 4.79 Å². The first-order valence-corrected chi connectivity index (χ1v) is 11.9. The fourth-order valence-electron chi connectivity index (χ4n) is 4.52. The number of nitrogens with zero attached hydrogens (tertiary/aromatic N) is 5. The number of hydrogen-bond donors (Lipinski definition) is 0. The number of carbonyl (C=O) groups is 1. The van der Waals surface area contributed by atoms with Crippen molar-refractivity contribution in [2.45, 2.75) is 12.8 Å². The van der Waals surface area contributed by atoms with Crippen LogP contribution in [0.15, 0.2) is 60.0 Å². The van der Waals surface area contributed by atoms with Crippen LogP contribution in [0.4, 0.5) is 11.5 Å². The second-order valence-corrected chi connectivity index (χ2v) is 9.13. The Balaban J connectivity index is 1.19. The van der Waals surface area contributed by atoms with Crippen LogP contribution < -0.4 is 9.80 Å². The van der Waals surface area contributed by atoms with Crippen molar-refractivity contribution in [3.05, 3.63) is 60.0 Å². The minimum Gasteiger partial charge on any atom is -0.368 e. The number of piperidine rings is 1. The van der Waals surface area contributed by atoms with Gasteiger partial charge >= 0.3 is 0 Å². The topological polar surface area (TPSA) is 52.6 Å². The van der Waals surface area contributed by atoms with Crippen LogP contribution in [0.1, 0.15) is 12.8 Å². The van der Waals surface area contributed by atoms with E-state index in [1.807, 2.05) is 29.6 Å². The molecule has 2 saturated heterocycles. The lowest BCUT2D eigenvalue weighted by Gasteiger charge is -2.40. The molecule has 7 heteroatoms. The Labute approximate surface area is 187 Å². The number of anilines is 2. The van der Waals surface area contributed by atoms with Gasteiger partial charge in [-0.2, -0.15) is 0 Å². The third-order valence-corrected chi connectivity index (χ3v) is 7.12. The molecule has 3 aromatic rings. The van der Waals surface area contributed by atoms with E-state index in [1.165, 1.54) is 5.69 Å². The molecule has 2 aliphatic rings. The van der Waals surface area contributed by atoms with Crippen LogP contribution in [0.2, 0.25) is 0 Å². The van der Waals surface area contributed by atoms with E-state index >= 15 is 0 Å². The van der Waals surface area contributed by atoms with Gasteiger partial charge in [-0.05, 0) is 48.6 Å². The summed E-state index contributed by atoms with van der Waals surface area (Å²) >= 11 is 1.67. The van der Waals surface area contributed by atoms with E-state index < -0.39 is 0 Å². The maximum absolute atomic E-state index is 13.2. The molecule has 0 bridgehead atoms. The van der Waals surface area contributed by atoms with Gasteiger partial charge in [-0.1, -0.05) is 24.3 Å². The monoisotopic (exact) mass is 433 g/mol. The van der Waals surface area contributed by atoms with Gasteiger partial charge < -0.3 is 14.7 Å². The highest BCUT2D eigenvalue weighted by Gasteiger charge is 2.31. The van der Waals surface area contributed by atoms with Crippen molar-refractivity contribution in [1.29, 1.82) is 0 Å². The summed E-state index contributed by atoms with van der Waals surface area (Å²) in [5.41, 5.74) is 2.14. The van der Waals surface area contributed by atoms with Crippen LogP contribution in [-0.2, 0) is 4.79 Å². The lowest BCUT2D eigenvalue weighted by molar-refractivity contribution is -0.136. The summed E-state index contributed by atoms with van der Waals surface area (Å²) in [6.07, 6.45) is 1.96. The normalized spacial score (nSPS) is 19.5. The molecule has 1 amide bonds. The first kappa shape index (κ1) is 20.0. The second kappa shape index (κ2) is 9.06. The number of amides is 1. The number of rotatable bonds is 4. The van der Waals surface area contributed by atoms with Crippen molar-refractivity contribution in [3.63, 3.8) is 0 Å². The smallest absolute Gasteiger partial charge is 0.227 e. The molecule has 0 spiro atoms. The average Bonchev–Trinajstić information content (AvgIpc) is 3.40. The maximum atomic E-state index is 13.2. The fourth-order valence-corrected chi connectivity index (χ4v) is 5.21. The predicted octanol–water partition coefficient (Wildman–Crippen LogP) is 3.77. The zero-order valence-corrected chi connectivity index (χ0v) is 18.4. The first-order valence-electron chi connectivity index (χ1n) is 11.0. The zero-order valence-electron chi connectivity index (χ0n) is 17.6. The minimum absolute atomic E-state index is 0.0378. The molecular weight excluding hydrogens is 406 g/mol. The van der Waals surface area contributed by atoms with Crippen LogP contribution in [0, 0.1) is 5.92 Å².